The van der Waals surface area contributed by atoms with Gasteiger partial charge in [-0.25, -0.2) is 0 Å². The zero-order valence-electron chi connectivity index (χ0n) is 12.9. The summed E-state index contributed by atoms with van der Waals surface area (Å²) in [5, 5.41) is 9.43. The molecule has 2 aliphatic rings. The number of hydrogen-bond acceptors (Lipinski definition) is 3. The van der Waals surface area contributed by atoms with Crippen molar-refractivity contribution in [1.82, 2.24) is 4.90 Å². The number of carbonyl (C=O) groups excluding carboxylic acids is 1. The molecule has 0 aromatic heterocycles. The van der Waals surface area contributed by atoms with E-state index in [2.05, 4.69) is 13.0 Å². The van der Waals surface area contributed by atoms with Gasteiger partial charge in [-0.05, 0) is 48.4 Å². The van der Waals surface area contributed by atoms with Crippen LogP contribution < -0.4 is 5.73 Å². The molecule has 0 bridgehead atoms. The van der Waals surface area contributed by atoms with Gasteiger partial charge in [-0.2, -0.15) is 5.26 Å². The minimum atomic E-state index is 0.0654. The summed E-state index contributed by atoms with van der Waals surface area (Å²) in [6, 6.07) is 5.82. The predicted molar refractivity (Wildman–Crippen MR) is 86.8 cm³/mol. The number of amides is 1. The van der Waals surface area contributed by atoms with E-state index in [0.29, 0.717) is 23.7 Å². The highest BCUT2D eigenvalue weighted by molar-refractivity contribution is 6.02. The van der Waals surface area contributed by atoms with Gasteiger partial charge in [0, 0.05) is 30.4 Å². The number of nitrogen functional groups attached to an aromatic ring is 1. The van der Waals surface area contributed by atoms with Gasteiger partial charge < -0.3 is 10.6 Å². The van der Waals surface area contributed by atoms with Crippen molar-refractivity contribution in [3.05, 3.63) is 34.9 Å². The summed E-state index contributed by atoms with van der Waals surface area (Å²) in [5.41, 5.74) is 10.3. The number of benzene rings is 1. The quantitative estimate of drug-likeness (QED) is 0.849. The van der Waals surface area contributed by atoms with Crippen LogP contribution in [0.3, 0.4) is 0 Å². The summed E-state index contributed by atoms with van der Waals surface area (Å²) in [4.78, 5) is 14.1. The molecule has 114 valence electrons. The molecule has 1 aromatic rings. The zero-order chi connectivity index (χ0) is 15.7. The van der Waals surface area contributed by atoms with Crippen molar-refractivity contribution in [2.45, 2.75) is 32.6 Å². The van der Waals surface area contributed by atoms with E-state index >= 15 is 0 Å². The highest BCUT2D eigenvalue weighted by Gasteiger charge is 2.31. The maximum Gasteiger partial charge on any atom is 0.247 e. The third-order valence-electron chi connectivity index (χ3n) is 4.44. The Kier molecular flexibility index (Phi) is 3.89. The van der Waals surface area contributed by atoms with Gasteiger partial charge in [-0.1, -0.05) is 13.3 Å². The highest BCUT2D eigenvalue weighted by atomic mass is 16.2. The zero-order valence-corrected chi connectivity index (χ0v) is 12.9. The fraction of sp³-hybridized carbons (Fsp3) is 0.444. The number of carbonyl (C=O) groups is 1. The summed E-state index contributed by atoms with van der Waals surface area (Å²) in [6.45, 7) is 3.53. The van der Waals surface area contributed by atoms with E-state index < -0.39 is 0 Å². The first kappa shape index (κ1) is 14.6. The second kappa shape index (κ2) is 5.84. The molecule has 0 spiro atoms. The standard InChI is InChI=1S/C18H21N3O/c1-2-3-15-16(20)7-6-13(9-19)18(15)14-8-17(22)21(11-14)10-12-4-5-12/h6-8,12H,2-5,10-11,20H2,1H3. The minimum Gasteiger partial charge on any atom is -0.398 e. The molecule has 1 aromatic carbocycles. The molecule has 4 heteroatoms. The van der Waals surface area contributed by atoms with Gasteiger partial charge in [0.1, 0.15) is 0 Å². The first-order valence-electron chi connectivity index (χ1n) is 7.95. The van der Waals surface area contributed by atoms with Gasteiger partial charge in [0.25, 0.3) is 0 Å². The minimum absolute atomic E-state index is 0.0654. The average Bonchev–Trinajstić information content (AvgIpc) is 3.24. The fourth-order valence-corrected chi connectivity index (χ4v) is 3.13. The van der Waals surface area contributed by atoms with E-state index in [-0.39, 0.29) is 5.91 Å². The monoisotopic (exact) mass is 295 g/mol. The van der Waals surface area contributed by atoms with Crippen molar-refractivity contribution in [3.8, 4) is 6.07 Å². The Labute approximate surface area is 131 Å². The van der Waals surface area contributed by atoms with Gasteiger partial charge in [0.2, 0.25) is 5.91 Å². The van der Waals surface area contributed by atoms with Crippen LogP contribution in [-0.2, 0) is 11.2 Å². The Balaban J connectivity index is 1.96. The first-order chi connectivity index (χ1) is 10.6. The normalized spacial score (nSPS) is 17.5. The SMILES string of the molecule is CCCc1c(N)ccc(C#N)c1C1=CC(=O)N(CC2CC2)C1. The van der Waals surface area contributed by atoms with Crippen LogP contribution in [0.2, 0.25) is 0 Å². The van der Waals surface area contributed by atoms with E-state index in [1.54, 1.807) is 18.2 Å². The molecule has 0 radical (unpaired) electrons. The van der Waals surface area contributed by atoms with Crippen LogP contribution >= 0.6 is 0 Å². The lowest BCUT2D eigenvalue weighted by atomic mass is 9.91. The molecule has 3 rings (SSSR count). The van der Waals surface area contributed by atoms with Crippen LogP contribution in [-0.4, -0.2) is 23.9 Å². The van der Waals surface area contributed by atoms with E-state index in [1.807, 2.05) is 4.90 Å². The Morgan fingerprint density at radius 1 is 1.41 bits per heavy atom. The van der Waals surface area contributed by atoms with Crippen LogP contribution in [0.15, 0.2) is 18.2 Å². The maximum atomic E-state index is 12.2. The molecular weight excluding hydrogens is 274 g/mol. The summed E-state index contributed by atoms with van der Waals surface area (Å²) < 4.78 is 0. The number of nitriles is 1. The molecular formula is C18H21N3O. The lowest BCUT2D eigenvalue weighted by Crippen LogP contribution is -2.28. The summed E-state index contributed by atoms with van der Waals surface area (Å²) >= 11 is 0. The lowest BCUT2D eigenvalue weighted by molar-refractivity contribution is -0.124. The molecule has 0 unspecified atom stereocenters. The van der Waals surface area contributed by atoms with Crippen LogP contribution in [0.1, 0.15) is 42.9 Å². The Morgan fingerprint density at radius 3 is 2.82 bits per heavy atom. The molecule has 0 atom stereocenters. The van der Waals surface area contributed by atoms with Crippen molar-refractivity contribution in [1.29, 1.82) is 5.26 Å². The molecule has 1 fully saturated rings. The van der Waals surface area contributed by atoms with Gasteiger partial charge >= 0.3 is 0 Å². The first-order valence-corrected chi connectivity index (χ1v) is 7.95. The third kappa shape index (κ3) is 2.71. The van der Waals surface area contributed by atoms with E-state index in [9.17, 15) is 10.1 Å². The molecule has 22 heavy (non-hydrogen) atoms. The van der Waals surface area contributed by atoms with Crippen molar-refractivity contribution in [3.63, 3.8) is 0 Å². The van der Waals surface area contributed by atoms with Crippen LogP contribution in [0.25, 0.3) is 5.57 Å². The van der Waals surface area contributed by atoms with Crippen molar-refractivity contribution in [2.24, 2.45) is 5.92 Å². The molecule has 1 amide bonds. The van der Waals surface area contributed by atoms with E-state index in [0.717, 1.165) is 36.1 Å². The van der Waals surface area contributed by atoms with Gasteiger partial charge in [-0.15, -0.1) is 0 Å². The molecule has 1 aliphatic carbocycles. The molecule has 1 aliphatic heterocycles. The average molecular weight is 295 g/mol. The smallest absolute Gasteiger partial charge is 0.247 e. The van der Waals surface area contributed by atoms with Crippen LogP contribution in [0.4, 0.5) is 5.69 Å². The van der Waals surface area contributed by atoms with Crippen molar-refractivity contribution < 1.29 is 4.79 Å². The van der Waals surface area contributed by atoms with Gasteiger partial charge in [0.15, 0.2) is 0 Å². The van der Waals surface area contributed by atoms with E-state index in [4.69, 9.17) is 5.73 Å². The number of anilines is 1. The topological polar surface area (TPSA) is 70.1 Å². The number of nitrogens with zero attached hydrogens (tertiary/aromatic N) is 2. The summed E-state index contributed by atoms with van der Waals surface area (Å²) in [5.74, 6) is 0.735. The maximum absolute atomic E-state index is 12.2. The lowest BCUT2D eigenvalue weighted by Gasteiger charge is -2.18. The largest absolute Gasteiger partial charge is 0.398 e. The summed E-state index contributed by atoms with van der Waals surface area (Å²) in [6.07, 6.45) is 5.92. The number of rotatable bonds is 5. The molecule has 4 nitrogen and oxygen atoms in total. The molecule has 1 heterocycles. The number of hydrogen-bond donors (Lipinski definition) is 1. The Morgan fingerprint density at radius 2 is 2.18 bits per heavy atom. The molecule has 1 saturated carbocycles. The van der Waals surface area contributed by atoms with Crippen molar-refractivity contribution in [2.75, 3.05) is 18.8 Å². The van der Waals surface area contributed by atoms with Crippen LogP contribution in [0.5, 0.6) is 0 Å². The van der Waals surface area contributed by atoms with Gasteiger partial charge in [-0.3, -0.25) is 4.79 Å². The van der Waals surface area contributed by atoms with Crippen molar-refractivity contribution >= 4 is 17.2 Å². The summed E-state index contributed by atoms with van der Waals surface area (Å²) in [7, 11) is 0. The van der Waals surface area contributed by atoms with Crippen LogP contribution in [0, 0.1) is 17.2 Å². The predicted octanol–water partition coefficient (Wildman–Crippen LogP) is 2.73. The highest BCUT2D eigenvalue weighted by Crippen LogP contribution is 2.35. The third-order valence-corrected chi connectivity index (χ3v) is 4.44. The Bertz CT molecular complexity index is 680. The second-order valence-electron chi connectivity index (χ2n) is 6.25. The number of nitrogens with two attached hydrogens (primary N) is 1. The fourth-order valence-electron chi connectivity index (χ4n) is 3.13. The molecule has 2 N–H and O–H groups in total. The van der Waals surface area contributed by atoms with Gasteiger partial charge in [0.05, 0.1) is 11.6 Å². The second-order valence-corrected chi connectivity index (χ2v) is 6.25. The van der Waals surface area contributed by atoms with E-state index in [1.165, 1.54) is 12.8 Å². The molecule has 0 saturated heterocycles. The Hall–Kier alpha value is -2.28.